The molecule has 1 aromatic heterocycles. The molecule has 1 N–H and O–H groups in total. The first-order valence-electron chi connectivity index (χ1n) is 11.3. The highest BCUT2D eigenvalue weighted by molar-refractivity contribution is 5.94. The Morgan fingerprint density at radius 2 is 2.03 bits per heavy atom. The summed E-state index contributed by atoms with van der Waals surface area (Å²) < 4.78 is 13.5. The third-order valence-corrected chi connectivity index (χ3v) is 6.13. The van der Waals surface area contributed by atoms with E-state index in [1.807, 2.05) is 61.8 Å². The lowest BCUT2D eigenvalue weighted by atomic mass is 10.1. The van der Waals surface area contributed by atoms with Crippen LogP contribution in [-0.2, 0) is 16.6 Å². The topological polar surface area (TPSA) is 88.9 Å². The average Bonchev–Trinajstić information content (AvgIpc) is 3.30. The number of hydrogen-bond donors (Lipinski definition) is 1. The Hall–Kier alpha value is -3.85. The lowest BCUT2D eigenvalue weighted by Crippen LogP contribution is -2.58. The summed E-state index contributed by atoms with van der Waals surface area (Å²) >= 11 is 0. The lowest BCUT2D eigenvalue weighted by Gasteiger charge is -2.40. The van der Waals surface area contributed by atoms with Gasteiger partial charge < -0.3 is 19.7 Å². The van der Waals surface area contributed by atoms with Gasteiger partial charge in [-0.15, -0.1) is 0 Å². The SMILES string of the molecule is Cn1cc(-c2ccc3c(c2)NC(=O)CN2CCN(C(=O)COc4ccccc4)C[C@H]2CO3)cn1. The first-order chi connectivity index (χ1) is 16.5. The van der Waals surface area contributed by atoms with E-state index in [0.717, 1.165) is 11.1 Å². The minimum atomic E-state index is -0.104. The van der Waals surface area contributed by atoms with Crippen LogP contribution in [0.1, 0.15) is 0 Å². The van der Waals surface area contributed by atoms with Gasteiger partial charge in [-0.1, -0.05) is 24.3 Å². The van der Waals surface area contributed by atoms with E-state index in [2.05, 4.69) is 15.3 Å². The molecule has 1 fully saturated rings. The van der Waals surface area contributed by atoms with Gasteiger partial charge in [0.05, 0.1) is 24.5 Å². The molecule has 1 atom stereocenters. The number of fused-ring (bicyclic) bond motifs is 2. The summed E-state index contributed by atoms with van der Waals surface area (Å²) in [6, 6.07) is 14.9. The highest BCUT2D eigenvalue weighted by Crippen LogP contribution is 2.32. The number of carbonyl (C=O) groups is 2. The van der Waals surface area contributed by atoms with Crippen LogP contribution < -0.4 is 14.8 Å². The van der Waals surface area contributed by atoms with Crippen molar-refractivity contribution in [2.45, 2.75) is 6.04 Å². The zero-order valence-electron chi connectivity index (χ0n) is 19.0. The largest absolute Gasteiger partial charge is 0.490 e. The maximum absolute atomic E-state index is 12.8. The number of rotatable bonds is 4. The molecule has 3 aromatic rings. The Balaban J connectivity index is 1.27. The average molecular weight is 462 g/mol. The van der Waals surface area contributed by atoms with Crippen molar-refractivity contribution < 1.29 is 19.1 Å². The molecule has 0 spiro atoms. The molecular weight excluding hydrogens is 434 g/mol. The van der Waals surface area contributed by atoms with Gasteiger partial charge >= 0.3 is 0 Å². The molecule has 34 heavy (non-hydrogen) atoms. The quantitative estimate of drug-likeness (QED) is 0.640. The molecule has 176 valence electrons. The summed E-state index contributed by atoms with van der Waals surface area (Å²) in [6.45, 7) is 2.21. The van der Waals surface area contributed by atoms with Crippen molar-refractivity contribution in [1.29, 1.82) is 0 Å². The monoisotopic (exact) mass is 461 g/mol. The summed E-state index contributed by atoms with van der Waals surface area (Å²) in [7, 11) is 1.87. The van der Waals surface area contributed by atoms with Crippen molar-refractivity contribution in [3.63, 3.8) is 0 Å². The molecule has 2 aromatic carbocycles. The van der Waals surface area contributed by atoms with Crippen LogP contribution >= 0.6 is 0 Å². The molecule has 3 heterocycles. The molecule has 0 radical (unpaired) electrons. The third kappa shape index (κ3) is 4.89. The van der Waals surface area contributed by atoms with Crippen molar-refractivity contribution >= 4 is 17.5 Å². The fourth-order valence-corrected chi connectivity index (χ4v) is 4.30. The van der Waals surface area contributed by atoms with Gasteiger partial charge in [-0.3, -0.25) is 19.2 Å². The van der Waals surface area contributed by atoms with Crippen LogP contribution in [0.3, 0.4) is 0 Å². The molecule has 0 saturated carbocycles. The summed E-state index contributed by atoms with van der Waals surface area (Å²) in [4.78, 5) is 29.4. The van der Waals surface area contributed by atoms with E-state index in [4.69, 9.17) is 9.47 Å². The molecule has 2 aliphatic rings. The predicted molar refractivity (Wildman–Crippen MR) is 127 cm³/mol. The fraction of sp³-hybridized carbons (Fsp3) is 0.320. The van der Waals surface area contributed by atoms with Crippen molar-refractivity contribution in [2.24, 2.45) is 7.05 Å². The molecule has 0 bridgehead atoms. The maximum Gasteiger partial charge on any atom is 0.260 e. The number of nitrogens with one attached hydrogen (secondary N) is 1. The minimum Gasteiger partial charge on any atom is -0.490 e. The summed E-state index contributed by atoms with van der Waals surface area (Å²) in [5.41, 5.74) is 2.54. The Bertz CT molecular complexity index is 1180. The van der Waals surface area contributed by atoms with E-state index in [0.29, 0.717) is 43.4 Å². The molecular formula is C25H27N5O4. The van der Waals surface area contributed by atoms with Crippen molar-refractivity contribution in [3.8, 4) is 22.6 Å². The number of amides is 2. The number of aryl methyl sites for hydroxylation is 1. The number of anilines is 1. The molecule has 0 aliphatic carbocycles. The van der Waals surface area contributed by atoms with Gasteiger partial charge in [-0.05, 0) is 29.8 Å². The zero-order chi connectivity index (χ0) is 23.5. The second-order valence-corrected chi connectivity index (χ2v) is 8.54. The van der Waals surface area contributed by atoms with Gasteiger partial charge in [0.1, 0.15) is 18.1 Å². The molecule has 5 rings (SSSR count). The van der Waals surface area contributed by atoms with Crippen molar-refractivity contribution in [3.05, 3.63) is 60.9 Å². The first-order valence-corrected chi connectivity index (χ1v) is 11.3. The second-order valence-electron chi connectivity index (χ2n) is 8.54. The van der Waals surface area contributed by atoms with Gasteiger partial charge in [-0.2, -0.15) is 5.10 Å². The van der Waals surface area contributed by atoms with Crippen LogP contribution in [-0.4, -0.2) is 76.8 Å². The second kappa shape index (κ2) is 9.56. The summed E-state index contributed by atoms with van der Waals surface area (Å²) in [6.07, 6.45) is 3.71. The van der Waals surface area contributed by atoms with E-state index >= 15 is 0 Å². The molecule has 0 unspecified atom stereocenters. The van der Waals surface area contributed by atoms with Crippen molar-refractivity contribution in [2.75, 3.05) is 44.7 Å². The molecule has 1 saturated heterocycles. The molecule has 9 nitrogen and oxygen atoms in total. The van der Waals surface area contributed by atoms with Crippen molar-refractivity contribution in [1.82, 2.24) is 19.6 Å². The van der Waals surface area contributed by atoms with E-state index in [1.54, 1.807) is 15.8 Å². The highest BCUT2D eigenvalue weighted by Gasteiger charge is 2.32. The number of carbonyl (C=O) groups excluding carboxylic acids is 2. The Morgan fingerprint density at radius 3 is 2.82 bits per heavy atom. The number of benzene rings is 2. The van der Waals surface area contributed by atoms with E-state index < -0.39 is 0 Å². The summed E-state index contributed by atoms with van der Waals surface area (Å²) in [5.74, 6) is 1.10. The van der Waals surface area contributed by atoms with Gasteiger partial charge in [0.2, 0.25) is 5.91 Å². The van der Waals surface area contributed by atoms with Gasteiger partial charge in [0.15, 0.2) is 6.61 Å². The summed E-state index contributed by atoms with van der Waals surface area (Å²) in [5, 5.41) is 7.21. The zero-order valence-corrected chi connectivity index (χ0v) is 19.0. The first kappa shape index (κ1) is 22.0. The fourth-order valence-electron chi connectivity index (χ4n) is 4.30. The smallest absolute Gasteiger partial charge is 0.260 e. The van der Waals surface area contributed by atoms with Crippen LogP contribution in [0.2, 0.25) is 0 Å². The van der Waals surface area contributed by atoms with E-state index in [9.17, 15) is 9.59 Å². The highest BCUT2D eigenvalue weighted by atomic mass is 16.5. The van der Waals surface area contributed by atoms with Crippen LogP contribution in [0.15, 0.2) is 60.9 Å². The maximum atomic E-state index is 12.8. The normalized spacial score (nSPS) is 18.4. The lowest BCUT2D eigenvalue weighted by molar-refractivity contribution is -0.137. The predicted octanol–water partition coefficient (Wildman–Crippen LogP) is 2.01. The minimum absolute atomic E-state index is 0.0158. The molecule has 9 heteroatoms. The number of nitrogens with zero attached hydrogens (tertiary/aromatic N) is 4. The van der Waals surface area contributed by atoms with Crippen LogP contribution in [0.25, 0.3) is 11.1 Å². The third-order valence-electron chi connectivity index (χ3n) is 6.13. The van der Waals surface area contributed by atoms with Gasteiger partial charge in [-0.25, -0.2) is 0 Å². The number of hydrogen-bond acceptors (Lipinski definition) is 6. The van der Waals surface area contributed by atoms with Gasteiger partial charge in [0.25, 0.3) is 5.91 Å². The van der Waals surface area contributed by atoms with Crippen LogP contribution in [0.4, 0.5) is 5.69 Å². The standard InChI is InChI=1S/C25H27N5O4/c1-28-13-19(12-26-28)18-7-8-23-22(11-18)27-24(31)15-29-9-10-30(14-20(29)16-34-23)25(32)17-33-21-5-3-2-4-6-21/h2-8,11-13,20H,9-10,14-17H2,1H3,(H,27,31)/t20-/m0/s1. The van der Waals surface area contributed by atoms with E-state index in [-0.39, 0.29) is 31.0 Å². The molecule has 2 aliphatic heterocycles. The number of ether oxygens (including phenoxy) is 2. The van der Waals surface area contributed by atoms with Crippen LogP contribution in [0, 0.1) is 0 Å². The Morgan fingerprint density at radius 1 is 1.18 bits per heavy atom. The Kier molecular flexibility index (Phi) is 6.18. The number of para-hydroxylation sites is 1. The van der Waals surface area contributed by atoms with Crippen LogP contribution in [0.5, 0.6) is 11.5 Å². The number of aromatic nitrogens is 2. The van der Waals surface area contributed by atoms with Gasteiger partial charge in [0, 0.05) is 38.4 Å². The molecule has 2 amide bonds. The van der Waals surface area contributed by atoms with E-state index in [1.165, 1.54) is 0 Å². The number of piperazine rings is 1. The Labute approximate surface area is 197 Å².